The van der Waals surface area contributed by atoms with E-state index in [2.05, 4.69) is 5.32 Å². The van der Waals surface area contributed by atoms with Crippen LogP contribution in [-0.4, -0.2) is 24.5 Å². The van der Waals surface area contributed by atoms with E-state index in [9.17, 15) is 14.0 Å². The molecule has 0 bridgehead atoms. The van der Waals surface area contributed by atoms with Gasteiger partial charge >= 0.3 is 0 Å². The first-order chi connectivity index (χ1) is 13.0. The number of halogens is 1. The quantitative estimate of drug-likeness (QED) is 0.812. The number of rotatable bonds is 5. The Hall–Kier alpha value is -3.15. The molecule has 6 heteroatoms. The molecule has 140 valence electrons. The molecule has 3 rings (SSSR count). The van der Waals surface area contributed by atoms with Gasteiger partial charge in [-0.25, -0.2) is 4.39 Å². The molecule has 2 aromatic rings. The van der Waals surface area contributed by atoms with Gasteiger partial charge in [0.15, 0.2) is 6.10 Å². The number of nitrogens with zero attached hydrogens (tertiary/aromatic N) is 1. The maximum Gasteiger partial charge on any atom is 0.267 e. The molecule has 1 heterocycles. The van der Waals surface area contributed by atoms with Crippen molar-refractivity contribution in [2.75, 3.05) is 16.8 Å². The Labute approximate surface area is 157 Å². The lowest BCUT2D eigenvalue weighted by atomic mass is 10.1. The third-order valence-electron chi connectivity index (χ3n) is 4.18. The van der Waals surface area contributed by atoms with Gasteiger partial charge in [-0.1, -0.05) is 19.1 Å². The fourth-order valence-corrected chi connectivity index (χ4v) is 2.87. The van der Waals surface area contributed by atoms with Crippen molar-refractivity contribution in [3.8, 4) is 5.75 Å². The molecular formula is C21H21FN2O3. The third-order valence-corrected chi connectivity index (χ3v) is 4.18. The number of amides is 2. The fraction of sp³-hybridized carbons (Fsp3) is 0.238. The van der Waals surface area contributed by atoms with Crippen molar-refractivity contribution in [2.45, 2.75) is 26.4 Å². The number of anilines is 2. The summed E-state index contributed by atoms with van der Waals surface area (Å²) in [6, 6.07) is 11.1. The molecule has 2 amide bonds. The number of carbonyl (C=O) groups excluding carboxylic acids is 2. The van der Waals surface area contributed by atoms with E-state index in [1.165, 1.54) is 18.2 Å². The van der Waals surface area contributed by atoms with E-state index in [0.717, 1.165) is 12.0 Å². The second kappa shape index (κ2) is 8.03. The predicted molar refractivity (Wildman–Crippen MR) is 103 cm³/mol. The molecule has 2 aromatic carbocycles. The maximum atomic E-state index is 12.9. The zero-order valence-corrected chi connectivity index (χ0v) is 15.2. The van der Waals surface area contributed by atoms with E-state index in [4.69, 9.17) is 4.74 Å². The molecule has 0 aliphatic carbocycles. The summed E-state index contributed by atoms with van der Waals surface area (Å²) in [6.07, 6.45) is 3.27. The van der Waals surface area contributed by atoms with Gasteiger partial charge in [-0.2, -0.15) is 0 Å². The van der Waals surface area contributed by atoms with Crippen molar-refractivity contribution in [3.63, 3.8) is 0 Å². The first-order valence-corrected chi connectivity index (χ1v) is 8.84. The summed E-state index contributed by atoms with van der Waals surface area (Å²) >= 11 is 0. The first-order valence-electron chi connectivity index (χ1n) is 8.84. The van der Waals surface area contributed by atoms with E-state index >= 15 is 0 Å². The number of fused-ring (bicyclic) bond motifs is 1. The van der Waals surface area contributed by atoms with Gasteiger partial charge in [0.05, 0.1) is 5.69 Å². The number of carbonyl (C=O) groups is 2. The van der Waals surface area contributed by atoms with Gasteiger partial charge in [0.1, 0.15) is 11.6 Å². The Morgan fingerprint density at radius 1 is 1.26 bits per heavy atom. The molecule has 0 spiro atoms. The van der Waals surface area contributed by atoms with Crippen molar-refractivity contribution in [1.82, 2.24) is 0 Å². The lowest BCUT2D eigenvalue weighted by Gasteiger charge is -2.33. The highest BCUT2D eigenvalue weighted by Crippen LogP contribution is 2.36. The summed E-state index contributed by atoms with van der Waals surface area (Å²) in [6.45, 7) is 4.31. The lowest BCUT2D eigenvalue weighted by Crippen LogP contribution is -2.44. The minimum atomic E-state index is -0.525. The van der Waals surface area contributed by atoms with Crippen LogP contribution in [-0.2, 0) is 9.59 Å². The first kappa shape index (κ1) is 18.6. The van der Waals surface area contributed by atoms with Crippen LogP contribution in [0.1, 0.15) is 25.8 Å². The number of benzene rings is 2. The van der Waals surface area contributed by atoms with E-state index < -0.39 is 6.10 Å². The van der Waals surface area contributed by atoms with Crippen molar-refractivity contribution < 1.29 is 18.7 Å². The van der Waals surface area contributed by atoms with Gasteiger partial charge < -0.3 is 15.0 Å². The third kappa shape index (κ3) is 4.34. The standard InChI is InChI=1S/C21H21FN2O3/c1-3-12-24-18-13-17(9-10-19(18)27-14(2)21(24)26)23-20(25)11-6-15-4-7-16(22)8-5-15/h4-11,13-14H,3,12H2,1-2H3,(H,23,25)/b11-6+. The van der Waals surface area contributed by atoms with Gasteiger partial charge in [0.2, 0.25) is 5.91 Å². The molecular weight excluding hydrogens is 347 g/mol. The highest BCUT2D eigenvalue weighted by Gasteiger charge is 2.31. The van der Waals surface area contributed by atoms with Crippen LogP contribution in [0.4, 0.5) is 15.8 Å². The zero-order chi connectivity index (χ0) is 19.4. The Bertz CT molecular complexity index is 877. The maximum absolute atomic E-state index is 12.9. The molecule has 0 saturated heterocycles. The second-order valence-corrected chi connectivity index (χ2v) is 6.31. The van der Waals surface area contributed by atoms with Crippen LogP contribution in [0.2, 0.25) is 0 Å². The molecule has 1 aliphatic rings. The summed E-state index contributed by atoms with van der Waals surface area (Å²) in [4.78, 5) is 26.2. The summed E-state index contributed by atoms with van der Waals surface area (Å²) in [5, 5.41) is 2.77. The summed E-state index contributed by atoms with van der Waals surface area (Å²) < 4.78 is 18.6. The lowest BCUT2D eigenvalue weighted by molar-refractivity contribution is -0.125. The molecule has 27 heavy (non-hydrogen) atoms. The molecule has 1 atom stereocenters. The Morgan fingerprint density at radius 3 is 2.70 bits per heavy atom. The molecule has 0 saturated carbocycles. The summed E-state index contributed by atoms with van der Waals surface area (Å²) in [5.41, 5.74) is 1.94. The van der Waals surface area contributed by atoms with E-state index in [0.29, 0.717) is 23.7 Å². The highest BCUT2D eigenvalue weighted by atomic mass is 19.1. The fourth-order valence-electron chi connectivity index (χ4n) is 2.87. The predicted octanol–water partition coefficient (Wildman–Crippen LogP) is 4.00. The van der Waals surface area contributed by atoms with Gasteiger partial charge in [-0.15, -0.1) is 0 Å². The van der Waals surface area contributed by atoms with Crippen molar-refractivity contribution in [2.24, 2.45) is 0 Å². The monoisotopic (exact) mass is 368 g/mol. The average Bonchev–Trinajstić information content (AvgIpc) is 2.65. The summed E-state index contributed by atoms with van der Waals surface area (Å²) in [5.74, 6) is -0.120. The van der Waals surface area contributed by atoms with Crippen LogP contribution < -0.4 is 15.0 Å². The number of hydrogen-bond acceptors (Lipinski definition) is 3. The average molecular weight is 368 g/mol. The topological polar surface area (TPSA) is 58.6 Å². The molecule has 1 N–H and O–H groups in total. The molecule has 0 radical (unpaired) electrons. The van der Waals surface area contributed by atoms with Gasteiger partial charge in [0.25, 0.3) is 5.91 Å². The zero-order valence-electron chi connectivity index (χ0n) is 15.2. The minimum absolute atomic E-state index is 0.0935. The van der Waals surface area contributed by atoms with Crippen LogP contribution in [0, 0.1) is 5.82 Å². The smallest absolute Gasteiger partial charge is 0.267 e. The summed E-state index contributed by atoms with van der Waals surface area (Å²) in [7, 11) is 0. The SMILES string of the molecule is CCCN1C(=O)C(C)Oc2ccc(NC(=O)/C=C/c3ccc(F)cc3)cc21. The Kier molecular flexibility index (Phi) is 5.54. The normalized spacial score (nSPS) is 16.2. The van der Waals surface area contributed by atoms with Crippen LogP contribution in [0.3, 0.4) is 0 Å². The Balaban J connectivity index is 1.75. The van der Waals surface area contributed by atoms with Crippen LogP contribution >= 0.6 is 0 Å². The molecule has 1 aliphatic heterocycles. The Morgan fingerprint density at radius 2 is 2.00 bits per heavy atom. The minimum Gasteiger partial charge on any atom is -0.479 e. The molecule has 1 unspecified atom stereocenters. The molecule has 0 aromatic heterocycles. The van der Waals surface area contributed by atoms with Gasteiger partial charge in [-0.3, -0.25) is 9.59 Å². The van der Waals surface area contributed by atoms with Crippen molar-refractivity contribution >= 4 is 29.3 Å². The van der Waals surface area contributed by atoms with Crippen molar-refractivity contribution in [3.05, 3.63) is 59.9 Å². The van der Waals surface area contributed by atoms with Gasteiger partial charge in [-0.05, 0) is 55.3 Å². The molecule has 0 fully saturated rings. The van der Waals surface area contributed by atoms with E-state index in [1.54, 1.807) is 48.2 Å². The number of nitrogens with one attached hydrogen (secondary N) is 1. The van der Waals surface area contributed by atoms with Crippen LogP contribution in [0.25, 0.3) is 6.08 Å². The van der Waals surface area contributed by atoms with Crippen LogP contribution in [0.5, 0.6) is 5.75 Å². The van der Waals surface area contributed by atoms with E-state index in [-0.39, 0.29) is 17.6 Å². The second-order valence-electron chi connectivity index (χ2n) is 6.31. The van der Waals surface area contributed by atoms with Gasteiger partial charge in [0, 0.05) is 18.3 Å². The largest absolute Gasteiger partial charge is 0.479 e. The molecule has 5 nitrogen and oxygen atoms in total. The van der Waals surface area contributed by atoms with Crippen LogP contribution in [0.15, 0.2) is 48.5 Å². The van der Waals surface area contributed by atoms with Crippen molar-refractivity contribution in [1.29, 1.82) is 0 Å². The number of ether oxygens (including phenoxy) is 1. The highest BCUT2D eigenvalue weighted by molar-refractivity contribution is 6.04. The van der Waals surface area contributed by atoms with E-state index in [1.807, 2.05) is 6.92 Å². The number of hydrogen-bond donors (Lipinski definition) is 1.